The molecule has 0 fully saturated rings. The first-order valence-corrected chi connectivity index (χ1v) is 8.38. The minimum Gasteiger partial charge on any atom is -0.488 e. The molecule has 0 atom stereocenters. The Labute approximate surface area is 139 Å². The van der Waals surface area contributed by atoms with E-state index in [2.05, 4.69) is 74.5 Å². The lowest BCUT2D eigenvalue weighted by atomic mass is 9.92. The van der Waals surface area contributed by atoms with Crippen LogP contribution in [0.5, 0.6) is 5.75 Å². The molecule has 3 rings (SSSR count). The molecule has 0 bridgehead atoms. The first kappa shape index (κ1) is 15.8. The predicted octanol–water partition coefficient (Wildman–Crippen LogP) is 4.52. The van der Waals surface area contributed by atoms with E-state index in [9.17, 15) is 0 Å². The fraction of sp³-hybridized carbons (Fsp3) is 0.333. The fourth-order valence-corrected chi connectivity index (χ4v) is 3.03. The van der Waals surface area contributed by atoms with Crippen molar-refractivity contribution in [3.63, 3.8) is 0 Å². The lowest BCUT2D eigenvalue weighted by molar-refractivity contribution is 0.307. The van der Waals surface area contributed by atoms with E-state index >= 15 is 0 Å². The van der Waals surface area contributed by atoms with Gasteiger partial charge in [0.2, 0.25) is 0 Å². The summed E-state index contributed by atoms with van der Waals surface area (Å²) in [5.74, 6) is 0.995. The molecule has 2 aromatic rings. The topological polar surface area (TPSA) is 12.5 Å². The van der Waals surface area contributed by atoms with Crippen LogP contribution in [0.2, 0.25) is 0 Å². The molecule has 23 heavy (non-hydrogen) atoms. The zero-order valence-corrected chi connectivity index (χ0v) is 14.3. The van der Waals surface area contributed by atoms with Gasteiger partial charge in [0.05, 0.1) is 0 Å². The predicted molar refractivity (Wildman–Crippen MR) is 96.8 cm³/mol. The van der Waals surface area contributed by atoms with Crippen molar-refractivity contribution in [1.29, 1.82) is 0 Å². The molecule has 1 heterocycles. The van der Waals surface area contributed by atoms with Crippen LogP contribution in [-0.4, -0.2) is 25.5 Å². The first-order valence-electron chi connectivity index (χ1n) is 8.38. The van der Waals surface area contributed by atoms with Crippen LogP contribution in [0, 0.1) is 0 Å². The van der Waals surface area contributed by atoms with E-state index in [1.165, 1.54) is 27.8 Å². The van der Waals surface area contributed by atoms with E-state index in [-0.39, 0.29) is 0 Å². The quantitative estimate of drug-likeness (QED) is 0.823. The minimum atomic E-state index is 0.639. The Hall–Kier alpha value is -2.06. The van der Waals surface area contributed by atoms with Crippen molar-refractivity contribution >= 4 is 5.57 Å². The lowest BCUT2D eigenvalue weighted by Gasteiger charge is -2.13. The van der Waals surface area contributed by atoms with Gasteiger partial charge < -0.3 is 9.64 Å². The molecule has 0 saturated carbocycles. The highest BCUT2D eigenvalue weighted by atomic mass is 16.5. The van der Waals surface area contributed by atoms with Gasteiger partial charge in [-0.2, -0.15) is 0 Å². The Bertz CT molecular complexity index is 716. The Morgan fingerprint density at radius 2 is 1.91 bits per heavy atom. The highest BCUT2D eigenvalue weighted by Crippen LogP contribution is 2.37. The number of hydrogen-bond acceptors (Lipinski definition) is 2. The number of ether oxygens (including phenoxy) is 1. The molecule has 120 valence electrons. The van der Waals surface area contributed by atoms with Gasteiger partial charge in [0, 0.05) is 12.1 Å². The monoisotopic (exact) mass is 307 g/mol. The van der Waals surface area contributed by atoms with E-state index in [0.717, 1.165) is 25.1 Å². The van der Waals surface area contributed by atoms with Crippen molar-refractivity contribution in [3.05, 3.63) is 70.8 Å². The van der Waals surface area contributed by atoms with Gasteiger partial charge in [-0.05, 0) is 61.3 Å². The van der Waals surface area contributed by atoms with Crippen LogP contribution < -0.4 is 4.74 Å². The van der Waals surface area contributed by atoms with Gasteiger partial charge in [0.1, 0.15) is 12.4 Å². The van der Waals surface area contributed by atoms with Crippen LogP contribution in [0.4, 0.5) is 0 Å². The Kier molecular flexibility index (Phi) is 4.82. The average Bonchev–Trinajstić information content (AvgIpc) is 2.71. The van der Waals surface area contributed by atoms with Crippen LogP contribution in [0.3, 0.4) is 0 Å². The summed E-state index contributed by atoms with van der Waals surface area (Å²) in [6.07, 6.45) is 4.44. The summed E-state index contributed by atoms with van der Waals surface area (Å²) < 4.78 is 6.08. The Morgan fingerprint density at radius 1 is 1.09 bits per heavy atom. The van der Waals surface area contributed by atoms with E-state index in [4.69, 9.17) is 4.74 Å². The van der Waals surface area contributed by atoms with Crippen LogP contribution in [0.1, 0.15) is 35.6 Å². The highest BCUT2D eigenvalue weighted by Gasteiger charge is 2.18. The van der Waals surface area contributed by atoms with Crippen LogP contribution in [-0.2, 0) is 13.0 Å². The largest absolute Gasteiger partial charge is 0.488 e. The summed E-state index contributed by atoms with van der Waals surface area (Å²) in [6.45, 7) is 3.89. The summed E-state index contributed by atoms with van der Waals surface area (Å²) in [5, 5.41) is 0. The lowest BCUT2D eigenvalue weighted by Crippen LogP contribution is -2.12. The number of hydrogen-bond donors (Lipinski definition) is 0. The van der Waals surface area contributed by atoms with Crippen molar-refractivity contribution < 1.29 is 4.74 Å². The molecule has 1 aliphatic heterocycles. The van der Waals surface area contributed by atoms with E-state index in [1.807, 2.05) is 0 Å². The third-order valence-corrected chi connectivity index (χ3v) is 4.36. The molecule has 0 saturated heterocycles. The number of nitrogens with zero attached hydrogens (tertiary/aromatic N) is 1. The molecular formula is C21H25NO. The highest BCUT2D eigenvalue weighted by molar-refractivity contribution is 5.85. The van der Waals surface area contributed by atoms with Gasteiger partial charge in [-0.25, -0.2) is 0 Å². The van der Waals surface area contributed by atoms with E-state index in [1.54, 1.807) is 0 Å². The first-order chi connectivity index (χ1) is 11.2. The van der Waals surface area contributed by atoms with Crippen LogP contribution >= 0.6 is 0 Å². The molecule has 0 spiro atoms. The molecule has 0 radical (unpaired) electrons. The summed E-state index contributed by atoms with van der Waals surface area (Å²) in [5.41, 5.74) is 6.46. The standard InChI is InChI=1S/C21H25NO/c1-4-16-11-12-21-20(14-16)19(10-7-13-22(2)3)18-9-6-5-8-17(18)15-23-21/h5-6,8-12,14H,4,7,13,15H2,1-3H3/b19-10-. The SMILES string of the molecule is CCc1ccc2c(c1)/C(=C\CCN(C)C)c1ccccc1CO2. The fourth-order valence-electron chi connectivity index (χ4n) is 3.03. The van der Waals surface area contributed by atoms with Crippen molar-refractivity contribution in [2.45, 2.75) is 26.4 Å². The van der Waals surface area contributed by atoms with Crippen LogP contribution in [0.15, 0.2) is 48.5 Å². The second-order valence-corrected chi connectivity index (χ2v) is 6.34. The Morgan fingerprint density at radius 3 is 2.70 bits per heavy atom. The van der Waals surface area contributed by atoms with E-state index in [0.29, 0.717) is 6.61 Å². The third-order valence-electron chi connectivity index (χ3n) is 4.36. The molecule has 2 aromatic carbocycles. The number of fused-ring (bicyclic) bond motifs is 2. The zero-order valence-electron chi connectivity index (χ0n) is 14.3. The average molecular weight is 307 g/mol. The molecule has 0 aromatic heterocycles. The van der Waals surface area contributed by atoms with Crippen LogP contribution in [0.25, 0.3) is 5.57 Å². The van der Waals surface area contributed by atoms with Gasteiger partial charge in [-0.15, -0.1) is 0 Å². The molecule has 0 unspecified atom stereocenters. The molecule has 0 N–H and O–H groups in total. The van der Waals surface area contributed by atoms with E-state index < -0.39 is 0 Å². The number of rotatable bonds is 4. The maximum absolute atomic E-state index is 6.08. The van der Waals surface area contributed by atoms with Gasteiger partial charge in [-0.1, -0.05) is 43.3 Å². The second-order valence-electron chi connectivity index (χ2n) is 6.34. The molecule has 2 nitrogen and oxygen atoms in total. The number of benzene rings is 2. The summed E-state index contributed by atoms with van der Waals surface area (Å²) >= 11 is 0. The van der Waals surface area contributed by atoms with Gasteiger partial charge in [0.25, 0.3) is 0 Å². The molecule has 1 aliphatic rings. The zero-order chi connectivity index (χ0) is 16.2. The summed E-state index contributed by atoms with van der Waals surface area (Å²) in [6, 6.07) is 15.2. The van der Waals surface area contributed by atoms with Crippen molar-refractivity contribution in [1.82, 2.24) is 4.90 Å². The van der Waals surface area contributed by atoms with Gasteiger partial charge >= 0.3 is 0 Å². The molecule has 0 aliphatic carbocycles. The smallest absolute Gasteiger partial charge is 0.127 e. The summed E-state index contributed by atoms with van der Waals surface area (Å²) in [7, 11) is 4.23. The molecule has 2 heteroatoms. The number of aryl methyl sites for hydroxylation is 1. The Balaban J connectivity index is 2.10. The third kappa shape index (κ3) is 3.48. The summed E-state index contributed by atoms with van der Waals surface area (Å²) in [4.78, 5) is 2.22. The maximum Gasteiger partial charge on any atom is 0.127 e. The molecule has 0 amide bonds. The molecular weight excluding hydrogens is 282 g/mol. The maximum atomic E-state index is 6.08. The van der Waals surface area contributed by atoms with Crippen molar-refractivity contribution in [2.24, 2.45) is 0 Å². The van der Waals surface area contributed by atoms with Gasteiger partial charge in [0.15, 0.2) is 0 Å². The van der Waals surface area contributed by atoms with Gasteiger partial charge in [-0.3, -0.25) is 0 Å². The minimum absolute atomic E-state index is 0.639. The second kappa shape index (κ2) is 7.01. The van der Waals surface area contributed by atoms with Crippen molar-refractivity contribution in [3.8, 4) is 5.75 Å². The van der Waals surface area contributed by atoms with Crippen molar-refractivity contribution in [2.75, 3.05) is 20.6 Å². The normalized spacial score (nSPS) is 15.0.